The Hall–Kier alpha value is -0.340. The lowest BCUT2D eigenvalue weighted by molar-refractivity contribution is 0.751. The molecule has 2 heteroatoms. The molecule has 0 radical (unpaired) electrons. The molecule has 0 amide bonds. The summed E-state index contributed by atoms with van der Waals surface area (Å²) in [4.78, 5) is 0. The molecule has 1 fully saturated rings. The van der Waals surface area contributed by atoms with Gasteiger partial charge in [-0.1, -0.05) is 28.9 Å². The second-order valence-electron chi connectivity index (χ2n) is 3.89. The SMILES string of the molecule is CCc1ccc(Br)cc1C1CCNC1. The predicted octanol–water partition coefficient (Wildman–Crippen LogP) is 3.09. The lowest BCUT2D eigenvalue weighted by Crippen LogP contribution is -2.09. The number of hydrogen-bond acceptors (Lipinski definition) is 1. The highest BCUT2D eigenvalue weighted by Gasteiger charge is 2.18. The summed E-state index contributed by atoms with van der Waals surface area (Å²) < 4.78 is 1.21. The van der Waals surface area contributed by atoms with Gasteiger partial charge in [0.05, 0.1) is 0 Å². The first kappa shape index (κ1) is 10.2. The number of benzene rings is 1. The van der Waals surface area contributed by atoms with Crippen molar-refractivity contribution in [2.45, 2.75) is 25.7 Å². The van der Waals surface area contributed by atoms with Crippen LogP contribution in [0.3, 0.4) is 0 Å². The smallest absolute Gasteiger partial charge is 0.0178 e. The largest absolute Gasteiger partial charge is 0.316 e. The van der Waals surface area contributed by atoms with E-state index in [1.807, 2.05) is 0 Å². The van der Waals surface area contributed by atoms with E-state index in [2.05, 4.69) is 46.4 Å². The monoisotopic (exact) mass is 253 g/mol. The van der Waals surface area contributed by atoms with Gasteiger partial charge in [0.25, 0.3) is 0 Å². The second-order valence-corrected chi connectivity index (χ2v) is 4.80. The van der Waals surface area contributed by atoms with Crippen LogP contribution in [0, 0.1) is 0 Å². The van der Waals surface area contributed by atoms with E-state index in [1.165, 1.54) is 28.6 Å². The number of nitrogens with one attached hydrogen (secondary N) is 1. The van der Waals surface area contributed by atoms with Gasteiger partial charge in [-0.15, -0.1) is 0 Å². The van der Waals surface area contributed by atoms with Crippen molar-refractivity contribution in [1.29, 1.82) is 0 Å². The molecule has 1 heterocycles. The maximum Gasteiger partial charge on any atom is 0.0178 e. The average Bonchev–Trinajstić information content (AvgIpc) is 2.70. The van der Waals surface area contributed by atoms with Gasteiger partial charge in [0.2, 0.25) is 0 Å². The van der Waals surface area contributed by atoms with Crippen molar-refractivity contribution in [2.75, 3.05) is 13.1 Å². The summed E-state index contributed by atoms with van der Waals surface area (Å²) in [6.07, 6.45) is 2.42. The van der Waals surface area contributed by atoms with E-state index in [4.69, 9.17) is 0 Å². The lowest BCUT2D eigenvalue weighted by Gasteiger charge is -2.14. The van der Waals surface area contributed by atoms with E-state index in [0.717, 1.165) is 18.9 Å². The van der Waals surface area contributed by atoms with E-state index in [-0.39, 0.29) is 0 Å². The third-order valence-electron chi connectivity index (χ3n) is 2.99. The van der Waals surface area contributed by atoms with Gasteiger partial charge in [0, 0.05) is 11.0 Å². The zero-order chi connectivity index (χ0) is 9.97. The molecule has 1 nitrogen and oxygen atoms in total. The molecule has 1 aliphatic heterocycles. The summed E-state index contributed by atoms with van der Waals surface area (Å²) in [5, 5.41) is 3.43. The molecule has 0 aliphatic carbocycles. The van der Waals surface area contributed by atoms with Crippen molar-refractivity contribution < 1.29 is 0 Å². The molecule has 1 aliphatic rings. The van der Waals surface area contributed by atoms with Crippen LogP contribution >= 0.6 is 15.9 Å². The first-order valence-corrected chi connectivity index (χ1v) is 6.09. The molecule has 2 rings (SSSR count). The highest BCUT2D eigenvalue weighted by molar-refractivity contribution is 9.10. The zero-order valence-electron chi connectivity index (χ0n) is 8.52. The van der Waals surface area contributed by atoms with Gasteiger partial charge in [-0.25, -0.2) is 0 Å². The fraction of sp³-hybridized carbons (Fsp3) is 0.500. The van der Waals surface area contributed by atoms with Crippen LogP contribution in [0.2, 0.25) is 0 Å². The molecule has 0 saturated carbocycles. The molecule has 1 aromatic carbocycles. The van der Waals surface area contributed by atoms with Crippen LogP contribution in [0.4, 0.5) is 0 Å². The molecule has 14 heavy (non-hydrogen) atoms. The molecule has 0 spiro atoms. The summed E-state index contributed by atoms with van der Waals surface area (Å²) in [6.45, 7) is 4.54. The van der Waals surface area contributed by atoms with Crippen LogP contribution in [-0.4, -0.2) is 13.1 Å². The fourth-order valence-electron chi connectivity index (χ4n) is 2.19. The van der Waals surface area contributed by atoms with Crippen LogP contribution < -0.4 is 5.32 Å². The molecular weight excluding hydrogens is 238 g/mol. The van der Waals surface area contributed by atoms with Crippen molar-refractivity contribution in [1.82, 2.24) is 5.32 Å². The van der Waals surface area contributed by atoms with Crippen molar-refractivity contribution in [3.8, 4) is 0 Å². The van der Waals surface area contributed by atoms with Gasteiger partial charge >= 0.3 is 0 Å². The lowest BCUT2D eigenvalue weighted by atomic mass is 9.92. The Morgan fingerprint density at radius 2 is 2.36 bits per heavy atom. The number of hydrogen-bond donors (Lipinski definition) is 1. The molecule has 0 bridgehead atoms. The Labute approximate surface area is 94.0 Å². The molecule has 1 N–H and O–H groups in total. The minimum atomic E-state index is 0.724. The Kier molecular flexibility index (Phi) is 3.24. The van der Waals surface area contributed by atoms with Gasteiger partial charge in [-0.05, 0) is 48.6 Å². The van der Waals surface area contributed by atoms with E-state index in [1.54, 1.807) is 0 Å². The third-order valence-corrected chi connectivity index (χ3v) is 3.48. The second kappa shape index (κ2) is 4.45. The van der Waals surface area contributed by atoms with Crippen molar-refractivity contribution in [3.63, 3.8) is 0 Å². The Bertz CT molecular complexity index is 316. The summed E-state index contributed by atoms with van der Waals surface area (Å²) >= 11 is 3.55. The standard InChI is InChI=1S/C12H16BrN/c1-2-9-3-4-11(13)7-12(9)10-5-6-14-8-10/h3-4,7,10,14H,2,5-6,8H2,1H3. The third kappa shape index (κ3) is 2.01. The summed E-state index contributed by atoms with van der Waals surface area (Å²) in [5.41, 5.74) is 3.04. The zero-order valence-corrected chi connectivity index (χ0v) is 10.1. The maximum atomic E-state index is 3.55. The predicted molar refractivity (Wildman–Crippen MR) is 63.7 cm³/mol. The number of halogens is 1. The number of rotatable bonds is 2. The molecule has 0 aromatic heterocycles. The van der Waals surface area contributed by atoms with E-state index < -0.39 is 0 Å². The summed E-state index contributed by atoms with van der Waals surface area (Å²) in [6, 6.07) is 6.68. The maximum absolute atomic E-state index is 3.55. The average molecular weight is 254 g/mol. The molecule has 1 saturated heterocycles. The van der Waals surface area contributed by atoms with Gasteiger partial charge in [0.15, 0.2) is 0 Å². The molecule has 1 atom stereocenters. The fourth-order valence-corrected chi connectivity index (χ4v) is 2.57. The van der Waals surface area contributed by atoms with Gasteiger partial charge < -0.3 is 5.32 Å². The van der Waals surface area contributed by atoms with Gasteiger partial charge in [-0.3, -0.25) is 0 Å². The number of aryl methyl sites for hydroxylation is 1. The van der Waals surface area contributed by atoms with Gasteiger partial charge in [-0.2, -0.15) is 0 Å². The van der Waals surface area contributed by atoms with E-state index in [0.29, 0.717) is 0 Å². The van der Waals surface area contributed by atoms with Crippen LogP contribution in [0.25, 0.3) is 0 Å². The minimum Gasteiger partial charge on any atom is -0.316 e. The molecule has 76 valence electrons. The van der Waals surface area contributed by atoms with Crippen LogP contribution in [-0.2, 0) is 6.42 Å². The molecule has 1 aromatic rings. The van der Waals surface area contributed by atoms with Crippen molar-refractivity contribution in [2.24, 2.45) is 0 Å². The quantitative estimate of drug-likeness (QED) is 0.855. The van der Waals surface area contributed by atoms with Crippen LogP contribution in [0.15, 0.2) is 22.7 Å². The van der Waals surface area contributed by atoms with Crippen LogP contribution in [0.5, 0.6) is 0 Å². The molecule has 1 unspecified atom stereocenters. The summed E-state index contributed by atoms with van der Waals surface area (Å²) in [7, 11) is 0. The molecular formula is C12H16BrN. The normalized spacial score (nSPS) is 21.4. The van der Waals surface area contributed by atoms with Crippen LogP contribution in [0.1, 0.15) is 30.4 Å². The van der Waals surface area contributed by atoms with Crippen molar-refractivity contribution >= 4 is 15.9 Å². The topological polar surface area (TPSA) is 12.0 Å². The Morgan fingerprint density at radius 3 is 3.00 bits per heavy atom. The van der Waals surface area contributed by atoms with Crippen molar-refractivity contribution in [3.05, 3.63) is 33.8 Å². The highest BCUT2D eigenvalue weighted by Crippen LogP contribution is 2.28. The first-order chi connectivity index (χ1) is 6.81. The Balaban J connectivity index is 2.33. The first-order valence-electron chi connectivity index (χ1n) is 5.30. The van der Waals surface area contributed by atoms with E-state index >= 15 is 0 Å². The minimum absolute atomic E-state index is 0.724. The van der Waals surface area contributed by atoms with E-state index in [9.17, 15) is 0 Å². The summed E-state index contributed by atoms with van der Waals surface area (Å²) in [5.74, 6) is 0.724. The van der Waals surface area contributed by atoms with Gasteiger partial charge in [0.1, 0.15) is 0 Å². The highest BCUT2D eigenvalue weighted by atomic mass is 79.9. The Morgan fingerprint density at radius 1 is 1.50 bits per heavy atom.